The van der Waals surface area contributed by atoms with Crippen molar-refractivity contribution in [3.8, 4) is 11.5 Å². The first kappa shape index (κ1) is 12.1. The van der Waals surface area contributed by atoms with E-state index in [1.807, 2.05) is 48.5 Å². The number of fused-ring (bicyclic) bond motifs is 1. The molecule has 0 saturated heterocycles. The van der Waals surface area contributed by atoms with Crippen LogP contribution in [0, 0.1) is 0 Å². The van der Waals surface area contributed by atoms with Crippen molar-refractivity contribution in [1.29, 1.82) is 0 Å². The summed E-state index contributed by atoms with van der Waals surface area (Å²) in [5.41, 5.74) is 1.97. The molecular formula is C16H16O3. The highest BCUT2D eigenvalue weighted by molar-refractivity contribution is 5.43. The predicted octanol–water partition coefficient (Wildman–Crippen LogP) is 3.08. The summed E-state index contributed by atoms with van der Waals surface area (Å²) < 4.78 is 11.3. The van der Waals surface area contributed by atoms with Crippen LogP contribution in [0.5, 0.6) is 11.5 Å². The van der Waals surface area contributed by atoms with Crippen molar-refractivity contribution in [2.45, 2.75) is 19.1 Å². The average molecular weight is 256 g/mol. The Labute approximate surface area is 112 Å². The fourth-order valence-electron chi connectivity index (χ4n) is 2.18. The lowest BCUT2D eigenvalue weighted by atomic mass is 10.0. The van der Waals surface area contributed by atoms with Crippen molar-refractivity contribution in [2.75, 3.05) is 6.61 Å². The standard InChI is InChI=1S/C16H16O3/c17-15-8-9-18-16-10-13(6-7-14(15)16)19-11-12-4-2-1-3-5-12/h1-7,10,15,17H,8-9,11H2. The number of aliphatic hydroxyl groups is 1. The van der Waals surface area contributed by atoms with Crippen LogP contribution in [0.1, 0.15) is 23.7 Å². The molecule has 3 heteroatoms. The van der Waals surface area contributed by atoms with Crippen molar-refractivity contribution >= 4 is 0 Å². The summed E-state index contributed by atoms with van der Waals surface area (Å²) >= 11 is 0. The van der Waals surface area contributed by atoms with E-state index in [0.29, 0.717) is 19.6 Å². The second kappa shape index (κ2) is 5.33. The van der Waals surface area contributed by atoms with Crippen molar-refractivity contribution in [3.63, 3.8) is 0 Å². The van der Waals surface area contributed by atoms with Gasteiger partial charge < -0.3 is 14.6 Å². The maximum absolute atomic E-state index is 9.84. The predicted molar refractivity (Wildman–Crippen MR) is 72.3 cm³/mol. The van der Waals surface area contributed by atoms with Gasteiger partial charge in [-0.3, -0.25) is 0 Å². The minimum absolute atomic E-state index is 0.424. The second-order valence-corrected chi connectivity index (χ2v) is 4.63. The minimum Gasteiger partial charge on any atom is -0.493 e. The third kappa shape index (κ3) is 2.71. The van der Waals surface area contributed by atoms with E-state index in [1.165, 1.54) is 0 Å². The SMILES string of the molecule is OC1CCOc2cc(OCc3ccccc3)ccc21. The number of hydrogen-bond acceptors (Lipinski definition) is 3. The molecule has 0 spiro atoms. The van der Waals surface area contributed by atoms with Gasteiger partial charge in [0.05, 0.1) is 12.7 Å². The third-order valence-corrected chi connectivity index (χ3v) is 3.24. The van der Waals surface area contributed by atoms with E-state index in [-0.39, 0.29) is 0 Å². The fraction of sp³-hybridized carbons (Fsp3) is 0.250. The van der Waals surface area contributed by atoms with Crippen LogP contribution in [0.25, 0.3) is 0 Å². The minimum atomic E-state index is -0.424. The lowest BCUT2D eigenvalue weighted by Gasteiger charge is -2.22. The molecule has 3 rings (SSSR count). The molecule has 0 aliphatic carbocycles. The summed E-state index contributed by atoms with van der Waals surface area (Å²) in [7, 11) is 0. The van der Waals surface area contributed by atoms with Gasteiger partial charge in [-0.2, -0.15) is 0 Å². The molecule has 3 nitrogen and oxygen atoms in total. The molecule has 1 aliphatic heterocycles. The second-order valence-electron chi connectivity index (χ2n) is 4.63. The molecular weight excluding hydrogens is 240 g/mol. The van der Waals surface area contributed by atoms with Crippen LogP contribution in [0.4, 0.5) is 0 Å². The van der Waals surface area contributed by atoms with Gasteiger partial charge in [0, 0.05) is 18.1 Å². The summed E-state index contributed by atoms with van der Waals surface area (Å²) in [6.45, 7) is 1.08. The van der Waals surface area contributed by atoms with Gasteiger partial charge in [0.25, 0.3) is 0 Å². The highest BCUT2D eigenvalue weighted by Gasteiger charge is 2.19. The molecule has 0 saturated carbocycles. The molecule has 2 aromatic carbocycles. The van der Waals surface area contributed by atoms with Crippen LogP contribution in [-0.2, 0) is 6.61 Å². The van der Waals surface area contributed by atoms with Crippen LogP contribution in [-0.4, -0.2) is 11.7 Å². The quantitative estimate of drug-likeness (QED) is 0.917. The van der Waals surface area contributed by atoms with Gasteiger partial charge in [-0.25, -0.2) is 0 Å². The third-order valence-electron chi connectivity index (χ3n) is 3.24. The van der Waals surface area contributed by atoms with Gasteiger partial charge in [0.2, 0.25) is 0 Å². The molecule has 1 aliphatic rings. The zero-order chi connectivity index (χ0) is 13.1. The molecule has 0 fully saturated rings. The van der Waals surface area contributed by atoms with Crippen LogP contribution >= 0.6 is 0 Å². The van der Waals surface area contributed by atoms with Crippen LogP contribution in [0.15, 0.2) is 48.5 Å². The lowest BCUT2D eigenvalue weighted by molar-refractivity contribution is 0.115. The Bertz CT molecular complexity index is 551. The highest BCUT2D eigenvalue weighted by atomic mass is 16.5. The molecule has 0 amide bonds. The highest BCUT2D eigenvalue weighted by Crippen LogP contribution is 2.34. The first-order valence-electron chi connectivity index (χ1n) is 6.44. The Kier molecular flexibility index (Phi) is 3.38. The Hall–Kier alpha value is -2.00. The molecule has 0 radical (unpaired) electrons. The van der Waals surface area contributed by atoms with Gasteiger partial charge >= 0.3 is 0 Å². The van der Waals surface area contributed by atoms with E-state index < -0.39 is 6.10 Å². The first-order valence-corrected chi connectivity index (χ1v) is 6.44. The summed E-state index contributed by atoms with van der Waals surface area (Å²) in [4.78, 5) is 0. The van der Waals surface area contributed by atoms with Crippen molar-refractivity contribution in [1.82, 2.24) is 0 Å². The number of hydrogen-bond donors (Lipinski definition) is 1. The Morgan fingerprint density at radius 1 is 1.16 bits per heavy atom. The van der Waals surface area contributed by atoms with Crippen LogP contribution in [0.2, 0.25) is 0 Å². The Balaban J connectivity index is 1.72. The zero-order valence-corrected chi connectivity index (χ0v) is 10.6. The molecule has 2 aromatic rings. The maximum Gasteiger partial charge on any atom is 0.128 e. The smallest absolute Gasteiger partial charge is 0.128 e. The van der Waals surface area contributed by atoms with E-state index in [4.69, 9.17) is 9.47 Å². The molecule has 0 bridgehead atoms. The van der Waals surface area contributed by atoms with Crippen molar-refractivity contribution in [3.05, 3.63) is 59.7 Å². The van der Waals surface area contributed by atoms with E-state index in [0.717, 1.165) is 22.6 Å². The normalized spacial score (nSPS) is 17.4. The molecule has 98 valence electrons. The largest absolute Gasteiger partial charge is 0.493 e. The van der Waals surface area contributed by atoms with Gasteiger partial charge in [0.15, 0.2) is 0 Å². The van der Waals surface area contributed by atoms with Crippen molar-refractivity contribution in [2.24, 2.45) is 0 Å². The molecule has 0 aromatic heterocycles. The summed E-state index contributed by atoms with van der Waals surface area (Å²) in [5, 5.41) is 9.84. The monoisotopic (exact) mass is 256 g/mol. The van der Waals surface area contributed by atoms with Crippen molar-refractivity contribution < 1.29 is 14.6 Å². The van der Waals surface area contributed by atoms with Gasteiger partial charge in [-0.05, 0) is 17.7 Å². The molecule has 1 unspecified atom stereocenters. The topological polar surface area (TPSA) is 38.7 Å². The molecule has 1 N–H and O–H groups in total. The zero-order valence-electron chi connectivity index (χ0n) is 10.6. The van der Waals surface area contributed by atoms with E-state index >= 15 is 0 Å². The van der Waals surface area contributed by atoms with Crippen LogP contribution < -0.4 is 9.47 Å². The first-order chi connectivity index (χ1) is 9.33. The summed E-state index contributed by atoms with van der Waals surface area (Å²) in [6.07, 6.45) is 0.226. The average Bonchev–Trinajstić information content (AvgIpc) is 2.46. The summed E-state index contributed by atoms with van der Waals surface area (Å²) in [6, 6.07) is 15.6. The maximum atomic E-state index is 9.84. The Morgan fingerprint density at radius 3 is 2.84 bits per heavy atom. The van der Waals surface area contributed by atoms with E-state index in [1.54, 1.807) is 0 Å². The lowest BCUT2D eigenvalue weighted by Crippen LogP contribution is -2.13. The number of ether oxygens (including phenoxy) is 2. The number of rotatable bonds is 3. The molecule has 1 heterocycles. The van der Waals surface area contributed by atoms with Gasteiger partial charge in [0.1, 0.15) is 18.1 Å². The van der Waals surface area contributed by atoms with Gasteiger partial charge in [-0.1, -0.05) is 30.3 Å². The number of aliphatic hydroxyl groups excluding tert-OH is 1. The van der Waals surface area contributed by atoms with Crippen LogP contribution in [0.3, 0.4) is 0 Å². The fourth-order valence-corrected chi connectivity index (χ4v) is 2.18. The molecule has 19 heavy (non-hydrogen) atoms. The number of benzene rings is 2. The molecule has 1 atom stereocenters. The van der Waals surface area contributed by atoms with Gasteiger partial charge in [-0.15, -0.1) is 0 Å². The van der Waals surface area contributed by atoms with E-state index in [9.17, 15) is 5.11 Å². The van der Waals surface area contributed by atoms with E-state index in [2.05, 4.69) is 0 Å². The Morgan fingerprint density at radius 2 is 2.00 bits per heavy atom. The summed E-state index contributed by atoms with van der Waals surface area (Å²) in [5.74, 6) is 1.49.